The molecule has 0 aliphatic carbocycles. The highest BCUT2D eigenvalue weighted by Crippen LogP contribution is 2.12. The van der Waals surface area contributed by atoms with E-state index in [1.807, 2.05) is 0 Å². The van der Waals surface area contributed by atoms with Gasteiger partial charge in [0.15, 0.2) is 0 Å². The number of rotatable bonds is 15. The van der Waals surface area contributed by atoms with Crippen molar-refractivity contribution in [1.29, 1.82) is 0 Å². The molecule has 1 N–H and O–H groups in total. The molecule has 142 valence electrons. The van der Waals surface area contributed by atoms with E-state index in [0.29, 0.717) is 0 Å². The van der Waals surface area contributed by atoms with Crippen LogP contribution in [-0.2, 0) is 0 Å². The predicted molar refractivity (Wildman–Crippen MR) is 111 cm³/mol. The van der Waals surface area contributed by atoms with Gasteiger partial charge >= 0.3 is 0 Å². The maximum absolute atomic E-state index is 3.24. The molecule has 2 nitrogen and oxygen atoms in total. The van der Waals surface area contributed by atoms with Crippen LogP contribution in [0.1, 0.15) is 96.8 Å². The zero-order valence-electron chi connectivity index (χ0n) is 16.9. The van der Waals surface area contributed by atoms with E-state index >= 15 is 0 Å². The summed E-state index contributed by atoms with van der Waals surface area (Å²) in [6, 6.07) is 0. The van der Waals surface area contributed by atoms with Crippen molar-refractivity contribution in [2.45, 2.75) is 96.8 Å². The minimum Gasteiger partial charge on any atom is -0.333 e. The Morgan fingerprint density at radius 3 is 1.09 bits per heavy atom. The minimum atomic E-state index is 1.00. The zero-order chi connectivity index (χ0) is 17.8. The van der Waals surface area contributed by atoms with Crippen LogP contribution in [0, 0.1) is 0 Å². The van der Waals surface area contributed by atoms with Gasteiger partial charge in [0.25, 0.3) is 0 Å². The van der Waals surface area contributed by atoms with Crippen molar-refractivity contribution in [1.82, 2.24) is 4.34 Å². The summed E-state index contributed by atoms with van der Waals surface area (Å²) < 4.78 is 4.02. The van der Waals surface area contributed by atoms with Crippen LogP contribution in [0.15, 0.2) is 0 Å². The molecular weight excluding hydrogens is 348 g/mol. The molecule has 0 aliphatic rings. The van der Waals surface area contributed by atoms with E-state index in [4.69, 9.17) is 0 Å². The first-order valence-corrected chi connectivity index (χ1v) is 10.8. The Bertz CT molecular complexity index is 180. The molecule has 23 heavy (non-hydrogen) atoms. The monoisotopic (exact) mass is 393 g/mol. The van der Waals surface area contributed by atoms with Crippen molar-refractivity contribution in [3.63, 3.8) is 0 Å². The summed E-state index contributed by atoms with van der Waals surface area (Å²) in [4.78, 5) is 0. The van der Waals surface area contributed by atoms with Gasteiger partial charge in [-0.3, -0.25) is 4.34 Å². The zero-order valence-corrected chi connectivity index (χ0v) is 18.5. The molecule has 0 aromatic rings. The standard InChI is InChI=1S/C16H34BrN.C4H12N/c1-2-3-4-5-6-7-8-9-10-11-12-13-14-15-16-18-17;1-5(2,3)4/h18H,2-16H2,1H3;1-4H3/q;+1. The molecule has 0 fully saturated rings. The molecule has 0 bridgehead atoms. The summed E-state index contributed by atoms with van der Waals surface area (Å²) in [5, 5.41) is 0. The molecule has 0 radical (unpaired) electrons. The third-order valence-corrected chi connectivity index (χ3v) is 4.02. The van der Waals surface area contributed by atoms with E-state index in [-0.39, 0.29) is 0 Å². The van der Waals surface area contributed by atoms with Crippen molar-refractivity contribution in [3.8, 4) is 0 Å². The second-order valence-electron chi connectivity index (χ2n) is 8.16. The maximum atomic E-state index is 3.24. The molecular formula is C20H46BrN2+. The van der Waals surface area contributed by atoms with Crippen molar-refractivity contribution in [2.75, 3.05) is 34.7 Å². The van der Waals surface area contributed by atoms with Gasteiger partial charge in [-0.25, -0.2) is 0 Å². The molecule has 0 aliphatic heterocycles. The third-order valence-electron chi connectivity index (χ3n) is 3.62. The fraction of sp³-hybridized carbons (Fsp3) is 1.00. The Labute approximate surface area is 156 Å². The normalized spacial score (nSPS) is 11.2. The average Bonchev–Trinajstić information content (AvgIpc) is 2.46. The van der Waals surface area contributed by atoms with E-state index in [2.05, 4.69) is 55.6 Å². The van der Waals surface area contributed by atoms with Gasteiger partial charge in [-0.1, -0.05) is 90.4 Å². The molecule has 0 heterocycles. The van der Waals surface area contributed by atoms with E-state index in [1.54, 1.807) is 0 Å². The number of nitrogens with one attached hydrogen (secondary N) is 1. The van der Waals surface area contributed by atoms with E-state index in [1.165, 1.54) is 89.9 Å². The second kappa shape index (κ2) is 20.4. The highest BCUT2D eigenvalue weighted by molar-refractivity contribution is 9.08. The summed E-state index contributed by atoms with van der Waals surface area (Å²) >= 11 is 3.24. The Hall–Kier alpha value is 0.400. The van der Waals surface area contributed by atoms with Gasteiger partial charge < -0.3 is 4.48 Å². The van der Waals surface area contributed by atoms with E-state index in [9.17, 15) is 0 Å². The quantitative estimate of drug-likeness (QED) is 0.185. The Balaban J connectivity index is 0. The van der Waals surface area contributed by atoms with Crippen molar-refractivity contribution in [2.24, 2.45) is 0 Å². The molecule has 0 unspecified atom stereocenters. The number of nitrogens with zero attached hydrogens (tertiary/aromatic N) is 1. The average molecular weight is 395 g/mol. The number of halogens is 1. The first-order chi connectivity index (χ1) is 10.9. The highest BCUT2D eigenvalue weighted by Gasteiger charge is 1.93. The molecule has 3 heteroatoms. The van der Waals surface area contributed by atoms with Crippen LogP contribution in [0.25, 0.3) is 0 Å². The number of hydrogen-bond acceptors (Lipinski definition) is 1. The van der Waals surface area contributed by atoms with Crippen molar-refractivity contribution >= 4 is 16.1 Å². The van der Waals surface area contributed by atoms with E-state index in [0.717, 1.165) is 11.0 Å². The summed E-state index contributed by atoms with van der Waals surface area (Å²) in [6.07, 6.45) is 20.1. The van der Waals surface area contributed by atoms with Crippen LogP contribution in [0.2, 0.25) is 0 Å². The van der Waals surface area contributed by atoms with Crippen LogP contribution >= 0.6 is 16.1 Å². The van der Waals surface area contributed by atoms with Gasteiger partial charge in [0, 0.05) is 22.7 Å². The molecule has 0 rings (SSSR count). The predicted octanol–water partition coefficient (Wildman–Crippen LogP) is 6.69. The lowest BCUT2D eigenvalue weighted by atomic mass is 10.0. The first kappa shape index (κ1) is 25.6. The van der Waals surface area contributed by atoms with Gasteiger partial charge in [-0.15, -0.1) is 0 Å². The fourth-order valence-corrected chi connectivity index (χ4v) is 2.67. The first-order valence-electron chi connectivity index (χ1n) is 10.0. The summed E-state index contributed by atoms with van der Waals surface area (Å²) in [5.74, 6) is 0. The van der Waals surface area contributed by atoms with Crippen molar-refractivity contribution in [3.05, 3.63) is 0 Å². The number of quaternary nitrogens is 1. The van der Waals surface area contributed by atoms with E-state index < -0.39 is 0 Å². The molecule has 0 amide bonds. The topological polar surface area (TPSA) is 12.0 Å². The van der Waals surface area contributed by atoms with Crippen LogP contribution < -0.4 is 4.34 Å². The maximum Gasteiger partial charge on any atom is 0.0675 e. The molecule has 0 atom stereocenters. The van der Waals surface area contributed by atoms with Crippen LogP contribution in [0.4, 0.5) is 0 Å². The summed E-state index contributed by atoms with van der Waals surface area (Å²) in [6.45, 7) is 3.40. The molecule has 0 spiro atoms. The van der Waals surface area contributed by atoms with Crippen LogP contribution in [0.3, 0.4) is 0 Å². The number of unbranched alkanes of at least 4 members (excludes halogenated alkanes) is 13. The Morgan fingerprint density at radius 1 is 0.565 bits per heavy atom. The minimum absolute atomic E-state index is 1.00. The highest BCUT2D eigenvalue weighted by atomic mass is 79.9. The fourth-order valence-electron chi connectivity index (χ4n) is 2.39. The molecule has 0 aromatic heterocycles. The van der Waals surface area contributed by atoms with Crippen molar-refractivity contribution < 1.29 is 4.48 Å². The summed E-state index contributed by atoms with van der Waals surface area (Å²) in [7, 11) is 8.50. The second-order valence-corrected chi connectivity index (χ2v) is 8.72. The van der Waals surface area contributed by atoms with Crippen LogP contribution in [-0.4, -0.2) is 39.2 Å². The molecule has 0 aromatic carbocycles. The Morgan fingerprint density at radius 2 is 0.826 bits per heavy atom. The van der Waals surface area contributed by atoms with Gasteiger partial charge in [-0.05, 0) is 6.42 Å². The van der Waals surface area contributed by atoms with Gasteiger partial charge in [0.1, 0.15) is 0 Å². The SMILES string of the molecule is CCCCCCCCCCCCCCCCNBr.C[N+](C)(C)C. The lowest BCUT2D eigenvalue weighted by Crippen LogP contribution is -2.27. The smallest absolute Gasteiger partial charge is 0.0675 e. The van der Waals surface area contributed by atoms with Gasteiger partial charge in [-0.2, -0.15) is 0 Å². The largest absolute Gasteiger partial charge is 0.333 e. The Kier molecular flexibility index (Phi) is 22.8. The molecule has 0 saturated carbocycles. The third kappa shape index (κ3) is 39.3. The van der Waals surface area contributed by atoms with Crippen LogP contribution in [0.5, 0.6) is 0 Å². The van der Waals surface area contributed by atoms with Gasteiger partial charge in [0.05, 0.1) is 28.2 Å². The lowest BCUT2D eigenvalue weighted by Gasteiger charge is -2.14. The summed E-state index contributed by atoms with van der Waals surface area (Å²) in [5.41, 5.74) is 0. The number of hydrogen-bond donors (Lipinski definition) is 1. The molecule has 0 saturated heterocycles. The lowest BCUT2D eigenvalue weighted by molar-refractivity contribution is -0.849. The van der Waals surface area contributed by atoms with Gasteiger partial charge in [0.2, 0.25) is 0 Å².